The monoisotopic (exact) mass is 469 g/mol. The van der Waals surface area contributed by atoms with Gasteiger partial charge in [0.15, 0.2) is 5.43 Å². The van der Waals surface area contributed by atoms with Gasteiger partial charge in [0, 0.05) is 9.50 Å². The van der Waals surface area contributed by atoms with Crippen LogP contribution in [0, 0.1) is 0 Å². The largest absolute Gasteiger partial charge is 0.467 e. The maximum Gasteiger partial charge on any atom is 0.291 e. The zero-order valence-electron chi connectivity index (χ0n) is 14.9. The maximum atomic E-state index is 13.4. The standard InChI is InChI=1S/C22H13BrClNO4/c23-13-4-1-3-12(9-13)19-18-20(26)16-10-14(24)6-7-17(16)29-21(18)22(27)25(19)11-15-5-2-8-28-15/h1-10,19H,11H2/t19-/m1/s1. The second-order valence-corrected chi connectivity index (χ2v) is 8.14. The van der Waals surface area contributed by atoms with Gasteiger partial charge in [-0.3, -0.25) is 9.59 Å². The van der Waals surface area contributed by atoms with Crippen LogP contribution < -0.4 is 5.43 Å². The molecule has 0 fully saturated rings. The Morgan fingerprint density at radius 3 is 2.69 bits per heavy atom. The molecule has 144 valence electrons. The molecule has 29 heavy (non-hydrogen) atoms. The van der Waals surface area contributed by atoms with E-state index in [0.29, 0.717) is 27.3 Å². The van der Waals surface area contributed by atoms with Gasteiger partial charge in [-0.2, -0.15) is 0 Å². The number of hydrogen-bond acceptors (Lipinski definition) is 4. The third kappa shape index (κ3) is 2.99. The summed E-state index contributed by atoms with van der Waals surface area (Å²) in [6, 6.07) is 15.3. The first-order chi connectivity index (χ1) is 14.0. The number of benzene rings is 2. The minimum atomic E-state index is -0.597. The Bertz CT molecular complexity index is 1310. The van der Waals surface area contributed by atoms with Crippen molar-refractivity contribution < 1.29 is 13.6 Å². The van der Waals surface area contributed by atoms with Crippen molar-refractivity contribution in [1.29, 1.82) is 0 Å². The van der Waals surface area contributed by atoms with Crippen molar-refractivity contribution in [1.82, 2.24) is 4.90 Å². The number of carbonyl (C=O) groups is 1. The van der Waals surface area contributed by atoms with E-state index in [-0.39, 0.29) is 23.6 Å². The number of carbonyl (C=O) groups excluding carboxylic acids is 1. The van der Waals surface area contributed by atoms with Crippen LogP contribution in [0.5, 0.6) is 0 Å². The molecule has 0 bridgehead atoms. The van der Waals surface area contributed by atoms with Crippen LogP contribution >= 0.6 is 27.5 Å². The smallest absolute Gasteiger partial charge is 0.291 e. The van der Waals surface area contributed by atoms with Crippen LogP contribution in [0.25, 0.3) is 11.0 Å². The van der Waals surface area contributed by atoms with Crippen LogP contribution in [0.2, 0.25) is 5.02 Å². The van der Waals surface area contributed by atoms with Crippen LogP contribution in [0.3, 0.4) is 0 Å². The van der Waals surface area contributed by atoms with E-state index in [2.05, 4.69) is 15.9 Å². The summed E-state index contributed by atoms with van der Waals surface area (Å²) in [6.07, 6.45) is 1.55. The first kappa shape index (κ1) is 18.2. The van der Waals surface area contributed by atoms with Gasteiger partial charge in [0.05, 0.1) is 29.8 Å². The van der Waals surface area contributed by atoms with E-state index < -0.39 is 6.04 Å². The molecule has 0 saturated heterocycles. The molecule has 0 unspecified atom stereocenters. The lowest BCUT2D eigenvalue weighted by atomic mass is 9.98. The van der Waals surface area contributed by atoms with E-state index in [1.54, 1.807) is 41.5 Å². The Balaban J connectivity index is 1.77. The summed E-state index contributed by atoms with van der Waals surface area (Å²) in [4.78, 5) is 28.3. The lowest BCUT2D eigenvalue weighted by molar-refractivity contribution is 0.0701. The molecule has 2 aromatic carbocycles. The molecule has 0 aliphatic carbocycles. The van der Waals surface area contributed by atoms with E-state index in [0.717, 1.165) is 10.0 Å². The fourth-order valence-electron chi connectivity index (χ4n) is 3.75. The number of halogens is 2. The van der Waals surface area contributed by atoms with Crippen molar-refractivity contribution in [2.75, 3.05) is 0 Å². The van der Waals surface area contributed by atoms with Crippen LogP contribution in [0.1, 0.15) is 33.5 Å². The third-order valence-corrected chi connectivity index (χ3v) is 5.73. The predicted molar refractivity (Wildman–Crippen MR) is 112 cm³/mol. The number of rotatable bonds is 3. The predicted octanol–water partition coefficient (Wildman–Crippen LogP) is 5.55. The van der Waals surface area contributed by atoms with Crippen LogP contribution in [-0.2, 0) is 6.54 Å². The van der Waals surface area contributed by atoms with Gasteiger partial charge in [-0.25, -0.2) is 0 Å². The molecule has 4 aromatic rings. The molecule has 2 aromatic heterocycles. The zero-order valence-corrected chi connectivity index (χ0v) is 17.2. The summed E-state index contributed by atoms with van der Waals surface area (Å²) in [7, 11) is 0. The zero-order chi connectivity index (χ0) is 20.1. The van der Waals surface area contributed by atoms with Crippen molar-refractivity contribution in [2.45, 2.75) is 12.6 Å². The molecule has 5 nitrogen and oxygen atoms in total. The number of fused-ring (bicyclic) bond motifs is 2. The highest BCUT2D eigenvalue weighted by molar-refractivity contribution is 9.10. The highest BCUT2D eigenvalue weighted by Crippen LogP contribution is 2.39. The van der Waals surface area contributed by atoms with Crippen molar-refractivity contribution in [3.05, 3.63) is 103 Å². The van der Waals surface area contributed by atoms with Gasteiger partial charge in [-0.05, 0) is 48.0 Å². The van der Waals surface area contributed by atoms with Gasteiger partial charge < -0.3 is 13.7 Å². The molecular formula is C22H13BrClNO4. The first-order valence-corrected chi connectivity index (χ1v) is 10.0. The van der Waals surface area contributed by atoms with Crippen LogP contribution in [0.15, 0.2) is 79.0 Å². The summed E-state index contributed by atoms with van der Waals surface area (Å²) < 4.78 is 12.2. The lowest BCUT2D eigenvalue weighted by Crippen LogP contribution is -2.29. The highest BCUT2D eigenvalue weighted by atomic mass is 79.9. The Morgan fingerprint density at radius 2 is 1.93 bits per heavy atom. The van der Waals surface area contributed by atoms with E-state index in [9.17, 15) is 9.59 Å². The SMILES string of the molecule is O=C1c2oc3ccc(Cl)cc3c(=O)c2[C@@H](c2cccc(Br)c2)N1Cc1ccco1. The Labute approximate surface area is 178 Å². The second kappa shape index (κ2) is 6.90. The van der Waals surface area contributed by atoms with Crippen molar-refractivity contribution >= 4 is 44.4 Å². The fourth-order valence-corrected chi connectivity index (χ4v) is 4.34. The summed E-state index contributed by atoms with van der Waals surface area (Å²) in [5.41, 5.74) is 1.18. The van der Waals surface area contributed by atoms with E-state index >= 15 is 0 Å². The first-order valence-electron chi connectivity index (χ1n) is 8.88. The Kier molecular flexibility index (Phi) is 4.33. The van der Waals surface area contributed by atoms with Crippen molar-refractivity contribution in [3.8, 4) is 0 Å². The lowest BCUT2D eigenvalue weighted by Gasteiger charge is -2.24. The number of nitrogens with zero attached hydrogens (tertiary/aromatic N) is 1. The van der Waals surface area contributed by atoms with E-state index in [4.69, 9.17) is 20.4 Å². The molecule has 3 heterocycles. The van der Waals surface area contributed by atoms with Crippen molar-refractivity contribution in [3.63, 3.8) is 0 Å². The average Bonchev–Trinajstić information content (AvgIpc) is 3.31. The number of hydrogen-bond donors (Lipinski definition) is 0. The molecule has 1 amide bonds. The summed E-state index contributed by atoms with van der Waals surface area (Å²) in [5.74, 6) is 0.322. The van der Waals surface area contributed by atoms with Gasteiger partial charge in [0.25, 0.3) is 5.91 Å². The van der Waals surface area contributed by atoms with E-state index in [1.165, 1.54) is 0 Å². The molecule has 5 rings (SSSR count). The summed E-state index contributed by atoms with van der Waals surface area (Å²) in [6.45, 7) is 0.212. The molecule has 1 atom stereocenters. The molecule has 0 spiro atoms. The summed E-state index contributed by atoms with van der Waals surface area (Å²) >= 11 is 9.56. The Morgan fingerprint density at radius 1 is 1.07 bits per heavy atom. The molecule has 7 heteroatoms. The van der Waals surface area contributed by atoms with E-state index in [1.807, 2.05) is 24.3 Å². The molecule has 0 saturated carbocycles. The summed E-state index contributed by atoms with van der Waals surface area (Å²) in [5, 5.41) is 0.782. The molecule has 0 radical (unpaired) electrons. The highest BCUT2D eigenvalue weighted by Gasteiger charge is 2.43. The normalized spacial score (nSPS) is 15.9. The van der Waals surface area contributed by atoms with Gasteiger partial charge in [-0.15, -0.1) is 0 Å². The molecule has 1 aliphatic rings. The Hall–Kier alpha value is -2.83. The molecule has 0 N–H and O–H groups in total. The average molecular weight is 471 g/mol. The van der Waals surface area contributed by atoms with Crippen molar-refractivity contribution in [2.24, 2.45) is 0 Å². The molecule has 1 aliphatic heterocycles. The van der Waals surface area contributed by atoms with Gasteiger partial charge in [0.2, 0.25) is 5.76 Å². The number of furan rings is 1. The minimum absolute atomic E-state index is 0.0568. The number of amides is 1. The topological polar surface area (TPSA) is 63.7 Å². The second-order valence-electron chi connectivity index (χ2n) is 6.78. The quantitative estimate of drug-likeness (QED) is 0.394. The van der Waals surface area contributed by atoms with Gasteiger partial charge >= 0.3 is 0 Å². The minimum Gasteiger partial charge on any atom is -0.467 e. The van der Waals surface area contributed by atoms with Crippen LogP contribution in [-0.4, -0.2) is 10.8 Å². The van der Waals surface area contributed by atoms with Gasteiger partial charge in [0.1, 0.15) is 11.3 Å². The maximum absolute atomic E-state index is 13.4. The third-order valence-electron chi connectivity index (χ3n) is 5.00. The molecular weight excluding hydrogens is 458 g/mol. The van der Waals surface area contributed by atoms with Gasteiger partial charge in [-0.1, -0.05) is 39.7 Å². The fraction of sp³-hybridized carbons (Fsp3) is 0.0909. The van der Waals surface area contributed by atoms with Crippen LogP contribution in [0.4, 0.5) is 0 Å².